The smallest absolute Gasteiger partial charge is 0.316 e. The fourth-order valence-corrected chi connectivity index (χ4v) is 2.80. The molecule has 4 N–H and O–H groups in total. The number of amides is 2. The summed E-state index contributed by atoms with van der Waals surface area (Å²) in [5.74, 6) is -0.151. The van der Waals surface area contributed by atoms with Gasteiger partial charge in [0.05, 0.1) is 0 Å². The Labute approximate surface area is 148 Å². The Morgan fingerprint density at radius 3 is 2.48 bits per heavy atom. The summed E-state index contributed by atoms with van der Waals surface area (Å²) >= 11 is 0. The van der Waals surface area contributed by atoms with E-state index in [-0.39, 0.29) is 5.82 Å². The summed E-state index contributed by atoms with van der Waals surface area (Å²) in [6, 6.07) is 12.8. The van der Waals surface area contributed by atoms with E-state index in [1.807, 2.05) is 36.4 Å². The zero-order chi connectivity index (χ0) is 18.2. The van der Waals surface area contributed by atoms with E-state index in [1.54, 1.807) is 6.92 Å². The molecule has 0 aliphatic heterocycles. The lowest BCUT2D eigenvalue weighted by Gasteiger charge is -2.14. The van der Waals surface area contributed by atoms with Gasteiger partial charge in [-0.1, -0.05) is 24.3 Å². The number of hydrogen-bond donors (Lipinski definition) is 3. The van der Waals surface area contributed by atoms with Crippen LogP contribution >= 0.6 is 0 Å². The van der Waals surface area contributed by atoms with E-state index in [1.165, 1.54) is 11.6 Å². The van der Waals surface area contributed by atoms with Crippen molar-refractivity contribution in [3.8, 4) is 0 Å². The molecule has 0 bridgehead atoms. The molecule has 1 atom stereocenters. The monoisotopic (exact) mass is 343 g/mol. The van der Waals surface area contributed by atoms with Crippen LogP contribution in [0.2, 0.25) is 0 Å². The first kappa shape index (κ1) is 18.9. The fraction of sp³-hybridized carbons (Fsp3) is 0.350. The number of urea groups is 1. The van der Waals surface area contributed by atoms with Gasteiger partial charge in [0.25, 0.3) is 0 Å². The quantitative estimate of drug-likeness (QED) is 0.639. The Bertz CT molecular complexity index is 701. The van der Waals surface area contributed by atoms with Crippen LogP contribution in [-0.2, 0) is 12.8 Å². The van der Waals surface area contributed by atoms with E-state index < -0.39 is 6.03 Å². The molecule has 0 heterocycles. The molecule has 0 fully saturated rings. The third kappa shape index (κ3) is 6.55. The van der Waals surface area contributed by atoms with E-state index in [0.717, 1.165) is 31.4 Å². The maximum Gasteiger partial charge on any atom is 0.316 e. The number of nitrogens with one attached hydrogen (secondary N) is 2. The number of nitrogens with two attached hydrogens (primary N) is 1. The highest BCUT2D eigenvalue weighted by atomic mass is 19.1. The average molecular weight is 343 g/mol. The molecule has 1 unspecified atom stereocenters. The van der Waals surface area contributed by atoms with Crippen LogP contribution in [0.1, 0.15) is 30.0 Å². The van der Waals surface area contributed by atoms with Crippen molar-refractivity contribution >= 4 is 11.7 Å². The molecule has 0 radical (unpaired) electrons. The molecule has 2 aromatic rings. The molecular formula is C20H26FN3O. The highest BCUT2D eigenvalue weighted by molar-refractivity contribution is 5.87. The zero-order valence-electron chi connectivity index (χ0n) is 14.8. The van der Waals surface area contributed by atoms with Crippen LogP contribution in [0.3, 0.4) is 0 Å². The second-order valence-electron chi connectivity index (χ2n) is 6.43. The number of anilines is 1. The molecule has 2 aromatic carbocycles. The van der Waals surface area contributed by atoms with Crippen LogP contribution in [-0.4, -0.2) is 18.6 Å². The lowest BCUT2D eigenvalue weighted by Crippen LogP contribution is -2.29. The number of carbonyl (C=O) groups is 1. The van der Waals surface area contributed by atoms with Gasteiger partial charge in [-0.15, -0.1) is 0 Å². The van der Waals surface area contributed by atoms with E-state index in [2.05, 4.69) is 17.6 Å². The summed E-state index contributed by atoms with van der Waals surface area (Å²) in [6.45, 7) is 4.85. The van der Waals surface area contributed by atoms with Crippen LogP contribution in [0.4, 0.5) is 14.9 Å². The molecular weight excluding hydrogens is 317 g/mol. The van der Waals surface area contributed by atoms with Crippen molar-refractivity contribution in [1.29, 1.82) is 0 Å². The number of rotatable bonds is 8. The third-order valence-corrected chi connectivity index (χ3v) is 4.12. The van der Waals surface area contributed by atoms with Crippen molar-refractivity contribution in [1.82, 2.24) is 5.32 Å². The first-order valence-electron chi connectivity index (χ1n) is 8.58. The van der Waals surface area contributed by atoms with E-state index >= 15 is 0 Å². The topological polar surface area (TPSA) is 67.2 Å². The largest absolute Gasteiger partial charge is 0.351 e. The number of carbonyl (C=O) groups excluding carboxylic acids is 1. The minimum Gasteiger partial charge on any atom is -0.351 e. The molecule has 0 aliphatic rings. The van der Waals surface area contributed by atoms with Crippen LogP contribution in [0, 0.1) is 12.7 Å². The third-order valence-electron chi connectivity index (χ3n) is 4.12. The summed E-state index contributed by atoms with van der Waals surface area (Å²) < 4.78 is 13.3. The Morgan fingerprint density at radius 1 is 1.16 bits per heavy atom. The van der Waals surface area contributed by atoms with Gasteiger partial charge in [-0.25, -0.2) is 9.18 Å². The second kappa shape index (κ2) is 9.18. The predicted octanol–water partition coefficient (Wildman–Crippen LogP) is 3.78. The highest BCUT2D eigenvalue weighted by Gasteiger charge is 2.05. The first-order chi connectivity index (χ1) is 11.9. The number of benzene rings is 2. The standard InChI is InChI=1S/C20H26FN3O/c1-14-12-17(7-10-19(14)21)13-15(2)23-11-3-4-16-5-8-18(9-6-16)24-20(22)25/h5-10,12,15,23H,3-4,11,13H2,1-2H3,(H3,22,24,25). The molecule has 0 aliphatic carbocycles. The average Bonchev–Trinajstić information content (AvgIpc) is 2.56. The molecule has 0 spiro atoms. The molecule has 0 saturated carbocycles. The minimum atomic E-state index is -0.553. The number of primary amides is 1. The van der Waals surface area contributed by atoms with Gasteiger partial charge in [0, 0.05) is 11.7 Å². The molecule has 25 heavy (non-hydrogen) atoms. The summed E-state index contributed by atoms with van der Waals surface area (Å²) in [5.41, 5.74) is 8.85. The van der Waals surface area contributed by atoms with Gasteiger partial charge >= 0.3 is 6.03 Å². The number of hydrogen-bond acceptors (Lipinski definition) is 2. The van der Waals surface area contributed by atoms with Crippen molar-refractivity contribution < 1.29 is 9.18 Å². The number of halogens is 1. The highest BCUT2D eigenvalue weighted by Crippen LogP contribution is 2.12. The summed E-state index contributed by atoms with van der Waals surface area (Å²) in [7, 11) is 0. The number of aryl methyl sites for hydroxylation is 2. The SMILES string of the molecule is Cc1cc(CC(C)NCCCc2ccc(NC(N)=O)cc2)ccc1F. The second-order valence-corrected chi connectivity index (χ2v) is 6.43. The zero-order valence-corrected chi connectivity index (χ0v) is 14.8. The Hall–Kier alpha value is -2.40. The van der Waals surface area contributed by atoms with Gasteiger partial charge < -0.3 is 16.4 Å². The van der Waals surface area contributed by atoms with Crippen LogP contribution in [0.15, 0.2) is 42.5 Å². The predicted molar refractivity (Wildman–Crippen MR) is 100 cm³/mol. The van der Waals surface area contributed by atoms with Gasteiger partial charge in [0.15, 0.2) is 0 Å². The first-order valence-corrected chi connectivity index (χ1v) is 8.58. The summed E-state index contributed by atoms with van der Waals surface area (Å²) in [5, 5.41) is 6.05. The van der Waals surface area contributed by atoms with E-state index in [0.29, 0.717) is 17.3 Å². The van der Waals surface area contributed by atoms with E-state index in [9.17, 15) is 9.18 Å². The van der Waals surface area contributed by atoms with Crippen molar-refractivity contribution in [3.63, 3.8) is 0 Å². The molecule has 0 saturated heterocycles. The van der Waals surface area contributed by atoms with Gasteiger partial charge in [0.2, 0.25) is 0 Å². The van der Waals surface area contributed by atoms with Gasteiger partial charge in [-0.05, 0) is 74.5 Å². The van der Waals surface area contributed by atoms with Gasteiger partial charge in [-0.2, -0.15) is 0 Å². The normalized spacial score (nSPS) is 12.0. The fourth-order valence-electron chi connectivity index (χ4n) is 2.80. The van der Waals surface area contributed by atoms with E-state index in [4.69, 9.17) is 5.73 Å². The van der Waals surface area contributed by atoms with Gasteiger partial charge in [-0.3, -0.25) is 0 Å². The Balaban J connectivity index is 1.69. The lowest BCUT2D eigenvalue weighted by atomic mass is 10.0. The maximum absolute atomic E-state index is 13.3. The van der Waals surface area contributed by atoms with Crippen LogP contribution in [0.25, 0.3) is 0 Å². The molecule has 4 nitrogen and oxygen atoms in total. The summed E-state index contributed by atoms with van der Waals surface area (Å²) in [4.78, 5) is 10.8. The molecule has 0 aromatic heterocycles. The van der Waals surface area contributed by atoms with Crippen molar-refractivity contribution in [2.75, 3.05) is 11.9 Å². The molecule has 5 heteroatoms. The van der Waals surface area contributed by atoms with Crippen molar-refractivity contribution in [3.05, 3.63) is 65.0 Å². The van der Waals surface area contributed by atoms with Gasteiger partial charge in [0.1, 0.15) is 5.82 Å². The molecule has 134 valence electrons. The Morgan fingerprint density at radius 2 is 1.84 bits per heavy atom. The van der Waals surface area contributed by atoms with Crippen molar-refractivity contribution in [2.24, 2.45) is 5.73 Å². The van der Waals surface area contributed by atoms with Crippen LogP contribution in [0.5, 0.6) is 0 Å². The minimum absolute atomic E-state index is 0.151. The molecule has 2 rings (SSSR count). The van der Waals surface area contributed by atoms with Crippen molar-refractivity contribution in [2.45, 2.75) is 39.2 Å². The molecule has 2 amide bonds. The Kier molecular flexibility index (Phi) is 6.95. The maximum atomic E-state index is 13.3. The lowest BCUT2D eigenvalue weighted by molar-refractivity contribution is 0.259. The summed E-state index contributed by atoms with van der Waals surface area (Å²) in [6.07, 6.45) is 2.87. The van der Waals surface area contributed by atoms with Crippen LogP contribution < -0.4 is 16.4 Å².